The third-order valence-electron chi connectivity index (χ3n) is 5.93. The predicted octanol–water partition coefficient (Wildman–Crippen LogP) is 1.56. The monoisotopic (exact) mass is 388 g/mol. The highest BCUT2D eigenvalue weighted by molar-refractivity contribution is 5.75. The molecule has 1 aromatic carbocycles. The van der Waals surface area contributed by atoms with Gasteiger partial charge in [0.25, 0.3) is 0 Å². The quantitative estimate of drug-likeness (QED) is 0.773. The first-order chi connectivity index (χ1) is 13.5. The largest absolute Gasteiger partial charge is 0.481 e. The van der Waals surface area contributed by atoms with Gasteiger partial charge in [-0.2, -0.15) is 0 Å². The van der Waals surface area contributed by atoms with Crippen molar-refractivity contribution < 1.29 is 14.7 Å². The maximum absolute atomic E-state index is 12.4. The first-order valence-corrected chi connectivity index (χ1v) is 10.3. The van der Waals surface area contributed by atoms with Crippen molar-refractivity contribution in [2.24, 2.45) is 11.8 Å². The van der Waals surface area contributed by atoms with E-state index in [0.29, 0.717) is 26.1 Å². The molecule has 2 amide bonds. The Morgan fingerprint density at radius 3 is 2.39 bits per heavy atom. The lowest BCUT2D eigenvalue weighted by atomic mass is 9.87. The molecule has 2 heterocycles. The molecule has 7 heteroatoms. The van der Waals surface area contributed by atoms with Gasteiger partial charge in [0.05, 0.1) is 5.92 Å². The number of carbonyl (C=O) groups is 2. The highest BCUT2D eigenvalue weighted by Gasteiger charge is 2.32. The number of piperidine rings is 1. The van der Waals surface area contributed by atoms with E-state index in [1.54, 1.807) is 4.90 Å². The number of urea groups is 1. The molecule has 2 saturated heterocycles. The molecule has 154 valence electrons. The molecule has 2 fully saturated rings. The number of likely N-dealkylation sites (tertiary alicyclic amines) is 1. The van der Waals surface area contributed by atoms with E-state index in [-0.39, 0.29) is 17.9 Å². The fraction of sp³-hybridized carbons (Fsp3) is 0.619. The topological polar surface area (TPSA) is 76.1 Å². The smallest absolute Gasteiger partial charge is 0.317 e. The fourth-order valence-corrected chi connectivity index (χ4v) is 4.14. The summed E-state index contributed by atoms with van der Waals surface area (Å²) in [7, 11) is 0. The minimum atomic E-state index is -0.751. The first-order valence-electron chi connectivity index (χ1n) is 10.3. The zero-order valence-electron chi connectivity index (χ0n) is 16.7. The summed E-state index contributed by atoms with van der Waals surface area (Å²) in [6, 6.07) is 10.5. The second-order valence-corrected chi connectivity index (χ2v) is 7.99. The molecule has 0 aliphatic carbocycles. The van der Waals surface area contributed by atoms with E-state index in [4.69, 9.17) is 0 Å². The number of hydrogen-bond acceptors (Lipinski definition) is 4. The summed E-state index contributed by atoms with van der Waals surface area (Å²) in [6.07, 6.45) is 0.535. The van der Waals surface area contributed by atoms with Gasteiger partial charge in [-0.15, -0.1) is 0 Å². The van der Waals surface area contributed by atoms with Crippen LogP contribution >= 0.6 is 0 Å². The molecular weight excluding hydrogens is 356 g/mol. The Hall–Kier alpha value is -2.12. The van der Waals surface area contributed by atoms with Crippen LogP contribution < -0.4 is 5.32 Å². The fourth-order valence-electron chi connectivity index (χ4n) is 4.14. The van der Waals surface area contributed by atoms with E-state index in [2.05, 4.69) is 39.4 Å². The Balaban J connectivity index is 1.31. The van der Waals surface area contributed by atoms with E-state index in [0.717, 1.165) is 39.3 Å². The number of piperazine rings is 1. The van der Waals surface area contributed by atoms with Crippen LogP contribution in [0, 0.1) is 11.8 Å². The highest BCUT2D eigenvalue weighted by Crippen LogP contribution is 2.23. The van der Waals surface area contributed by atoms with Gasteiger partial charge in [-0.3, -0.25) is 14.6 Å². The van der Waals surface area contributed by atoms with Gasteiger partial charge in [-0.1, -0.05) is 37.3 Å². The van der Waals surface area contributed by atoms with Crippen LogP contribution in [0.2, 0.25) is 0 Å². The molecule has 7 nitrogen and oxygen atoms in total. The van der Waals surface area contributed by atoms with Crippen molar-refractivity contribution in [3.8, 4) is 0 Å². The summed E-state index contributed by atoms with van der Waals surface area (Å²) in [5.41, 5.74) is 1.35. The van der Waals surface area contributed by atoms with Gasteiger partial charge in [0, 0.05) is 58.9 Å². The number of hydrogen-bond donors (Lipinski definition) is 2. The minimum absolute atomic E-state index is 0.00491. The van der Waals surface area contributed by atoms with E-state index < -0.39 is 5.97 Å². The Kier molecular flexibility index (Phi) is 7.28. The van der Waals surface area contributed by atoms with Gasteiger partial charge < -0.3 is 15.3 Å². The van der Waals surface area contributed by atoms with Gasteiger partial charge in [0.2, 0.25) is 0 Å². The number of nitrogens with one attached hydrogen (secondary N) is 1. The predicted molar refractivity (Wildman–Crippen MR) is 108 cm³/mol. The van der Waals surface area contributed by atoms with E-state index >= 15 is 0 Å². The standard InChI is InChI=1S/C21H32N4O3/c1-17-15-25(9-7-19(17)20(26)27)21(28)22-8-10-23-11-13-24(14-12-23)16-18-5-3-2-4-6-18/h2-6,17,19H,7-16H2,1H3,(H,22,28)(H,26,27). The van der Waals surface area contributed by atoms with Crippen LogP contribution in [0.5, 0.6) is 0 Å². The maximum Gasteiger partial charge on any atom is 0.317 e. The van der Waals surface area contributed by atoms with Gasteiger partial charge in [-0.25, -0.2) is 4.79 Å². The van der Waals surface area contributed by atoms with Crippen molar-refractivity contribution in [1.29, 1.82) is 0 Å². The van der Waals surface area contributed by atoms with Crippen LogP contribution in [0.1, 0.15) is 18.9 Å². The molecule has 0 bridgehead atoms. The van der Waals surface area contributed by atoms with Crippen molar-refractivity contribution in [3.05, 3.63) is 35.9 Å². The SMILES string of the molecule is CC1CN(C(=O)NCCN2CCN(Cc3ccccc3)CC2)CCC1C(=O)O. The van der Waals surface area contributed by atoms with Crippen LogP contribution in [0.3, 0.4) is 0 Å². The van der Waals surface area contributed by atoms with Crippen LogP contribution in [0.25, 0.3) is 0 Å². The van der Waals surface area contributed by atoms with Gasteiger partial charge in [-0.05, 0) is 17.9 Å². The van der Waals surface area contributed by atoms with Gasteiger partial charge in [0.15, 0.2) is 0 Å². The van der Waals surface area contributed by atoms with Crippen molar-refractivity contribution in [3.63, 3.8) is 0 Å². The van der Waals surface area contributed by atoms with E-state index in [1.165, 1.54) is 5.56 Å². The third-order valence-corrected chi connectivity index (χ3v) is 5.93. The zero-order valence-corrected chi connectivity index (χ0v) is 16.7. The number of carbonyl (C=O) groups excluding carboxylic acids is 1. The Morgan fingerprint density at radius 2 is 1.75 bits per heavy atom. The number of amides is 2. The van der Waals surface area contributed by atoms with Crippen molar-refractivity contribution in [2.75, 3.05) is 52.4 Å². The number of carboxylic acid groups (broad SMARTS) is 1. The molecule has 0 saturated carbocycles. The maximum atomic E-state index is 12.4. The average Bonchev–Trinajstić information content (AvgIpc) is 2.69. The molecule has 3 rings (SSSR count). The second kappa shape index (κ2) is 9.89. The van der Waals surface area contributed by atoms with Crippen LogP contribution in [0.4, 0.5) is 4.79 Å². The van der Waals surface area contributed by atoms with E-state index in [1.807, 2.05) is 13.0 Å². The van der Waals surface area contributed by atoms with Crippen molar-refractivity contribution in [1.82, 2.24) is 20.0 Å². The molecule has 0 spiro atoms. The van der Waals surface area contributed by atoms with Crippen molar-refractivity contribution >= 4 is 12.0 Å². The minimum Gasteiger partial charge on any atom is -0.481 e. The molecule has 2 atom stereocenters. The normalized spacial score (nSPS) is 24.1. The Labute approximate surface area is 167 Å². The highest BCUT2D eigenvalue weighted by atomic mass is 16.4. The molecule has 2 aliphatic rings. The van der Waals surface area contributed by atoms with Crippen molar-refractivity contribution in [2.45, 2.75) is 19.9 Å². The van der Waals surface area contributed by atoms with Gasteiger partial charge >= 0.3 is 12.0 Å². The zero-order chi connectivity index (χ0) is 19.9. The summed E-state index contributed by atoms with van der Waals surface area (Å²) in [5.74, 6) is -1.09. The molecule has 28 heavy (non-hydrogen) atoms. The number of carboxylic acids is 1. The second-order valence-electron chi connectivity index (χ2n) is 7.99. The lowest BCUT2D eigenvalue weighted by Crippen LogP contribution is -2.51. The number of aliphatic carboxylic acids is 1. The summed E-state index contributed by atoms with van der Waals surface area (Å²) in [4.78, 5) is 30.2. The lowest BCUT2D eigenvalue weighted by molar-refractivity contribution is -0.145. The summed E-state index contributed by atoms with van der Waals surface area (Å²) >= 11 is 0. The summed E-state index contributed by atoms with van der Waals surface area (Å²) < 4.78 is 0. The summed E-state index contributed by atoms with van der Waals surface area (Å²) in [6.45, 7) is 9.55. The van der Waals surface area contributed by atoms with Crippen LogP contribution in [-0.4, -0.2) is 84.2 Å². The molecule has 2 N–H and O–H groups in total. The lowest BCUT2D eigenvalue weighted by Gasteiger charge is -2.36. The number of rotatable bonds is 6. The first kappa shape index (κ1) is 20.6. The van der Waals surface area contributed by atoms with Gasteiger partial charge in [0.1, 0.15) is 0 Å². The molecule has 2 unspecified atom stereocenters. The average molecular weight is 389 g/mol. The van der Waals surface area contributed by atoms with E-state index in [9.17, 15) is 14.7 Å². The summed E-state index contributed by atoms with van der Waals surface area (Å²) in [5, 5.41) is 12.2. The Bertz CT molecular complexity index is 646. The molecular formula is C21H32N4O3. The van der Waals surface area contributed by atoms with Crippen LogP contribution in [0.15, 0.2) is 30.3 Å². The molecule has 2 aliphatic heterocycles. The number of nitrogens with zero attached hydrogens (tertiary/aromatic N) is 3. The third kappa shape index (κ3) is 5.69. The molecule has 0 radical (unpaired) electrons. The Morgan fingerprint density at radius 1 is 1.07 bits per heavy atom. The molecule has 1 aromatic rings. The molecule has 0 aromatic heterocycles. The van der Waals surface area contributed by atoms with Crippen LogP contribution in [-0.2, 0) is 11.3 Å². The number of benzene rings is 1.